The highest BCUT2D eigenvalue weighted by Crippen LogP contribution is 2.34. The lowest BCUT2D eigenvalue weighted by Gasteiger charge is -2.17. The maximum absolute atomic E-state index is 5.66. The third kappa shape index (κ3) is 2.19. The van der Waals surface area contributed by atoms with E-state index < -0.39 is 0 Å². The van der Waals surface area contributed by atoms with E-state index in [0.717, 1.165) is 22.9 Å². The first-order valence-corrected chi connectivity index (χ1v) is 6.29. The Labute approximate surface area is 104 Å². The molecule has 0 radical (unpaired) electrons. The summed E-state index contributed by atoms with van der Waals surface area (Å²) in [6.45, 7) is 2.87. The second-order valence-electron chi connectivity index (χ2n) is 3.52. The average molecular weight is 252 g/mol. The van der Waals surface area contributed by atoms with Crippen LogP contribution in [-0.2, 0) is 6.54 Å². The Balaban J connectivity index is 2.40. The van der Waals surface area contributed by atoms with E-state index in [-0.39, 0.29) is 6.04 Å². The Morgan fingerprint density at radius 2 is 2.41 bits per heavy atom. The standard InChI is InChI=1S/C11H16N4OS/c1-3-15-8(4-6-13-15)10(14-12)11-9(16-2)5-7-17-11/h4-7,10,14H,3,12H2,1-2H3. The number of ether oxygens (including phenoxy) is 1. The number of rotatable bonds is 5. The molecule has 92 valence electrons. The number of hydrogen-bond donors (Lipinski definition) is 2. The molecule has 2 rings (SSSR count). The number of thiophene rings is 1. The second kappa shape index (κ2) is 5.31. The Kier molecular flexibility index (Phi) is 3.78. The zero-order chi connectivity index (χ0) is 12.3. The van der Waals surface area contributed by atoms with Gasteiger partial charge in [-0.15, -0.1) is 11.3 Å². The van der Waals surface area contributed by atoms with Gasteiger partial charge in [-0.1, -0.05) is 0 Å². The Morgan fingerprint density at radius 3 is 3.06 bits per heavy atom. The van der Waals surface area contributed by atoms with Crippen LogP contribution in [0.1, 0.15) is 23.5 Å². The summed E-state index contributed by atoms with van der Waals surface area (Å²) in [5, 5.41) is 6.25. The van der Waals surface area contributed by atoms with Gasteiger partial charge in [-0.05, 0) is 24.4 Å². The summed E-state index contributed by atoms with van der Waals surface area (Å²) in [5.74, 6) is 6.51. The molecule has 0 fully saturated rings. The molecule has 3 N–H and O–H groups in total. The monoisotopic (exact) mass is 252 g/mol. The summed E-state index contributed by atoms with van der Waals surface area (Å²) in [4.78, 5) is 1.06. The molecule has 0 aliphatic heterocycles. The lowest BCUT2D eigenvalue weighted by atomic mass is 10.1. The Bertz CT molecular complexity index is 437. The van der Waals surface area contributed by atoms with Crippen LogP contribution in [0.5, 0.6) is 5.75 Å². The number of aryl methyl sites for hydroxylation is 1. The summed E-state index contributed by atoms with van der Waals surface area (Å²) in [6, 6.07) is 3.82. The zero-order valence-corrected chi connectivity index (χ0v) is 10.7. The molecule has 0 aromatic carbocycles. The van der Waals surface area contributed by atoms with E-state index in [1.54, 1.807) is 24.6 Å². The normalized spacial score (nSPS) is 12.6. The van der Waals surface area contributed by atoms with Crippen LogP contribution in [0.15, 0.2) is 23.7 Å². The number of hydrogen-bond acceptors (Lipinski definition) is 5. The first-order valence-electron chi connectivity index (χ1n) is 5.41. The third-order valence-electron chi connectivity index (χ3n) is 2.65. The van der Waals surface area contributed by atoms with Crippen LogP contribution in [0.3, 0.4) is 0 Å². The van der Waals surface area contributed by atoms with E-state index in [1.807, 2.05) is 22.2 Å². The SMILES string of the molecule is CCn1nccc1C(NN)c1sccc1OC. The van der Waals surface area contributed by atoms with Crippen LogP contribution in [0.4, 0.5) is 0 Å². The van der Waals surface area contributed by atoms with Gasteiger partial charge in [0.1, 0.15) is 11.8 Å². The van der Waals surface area contributed by atoms with Gasteiger partial charge in [0, 0.05) is 12.7 Å². The molecule has 17 heavy (non-hydrogen) atoms. The summed E-state index contributed by atoms with van der Waals surface area (Å²) in [6.07, 6.45) is 1.78. The molecule has 6 heteroatoms. The maximum Gasteiger partial charge on any atom is 0.134 e. The van der Waals surface area contributed by atoms with Crippen LogP contribution >= 0.6 is 11.3 Å². The molecular formula is C11H16N4OS. The lowest BCUT2D eigenvalue weighted by molar-refractivity contribution is 0.406. The summed E-state index contributed by atoms with van der Waals surface area (Å²) in [7, 11) is 1.66. The van der Waals surface area contributed by atoms with Gasteiger partial charge >= 0.3 is 0 Å². The van der Waals surface area contributed by atoms with Gasteiger partial charge in [0.05, 0.1) is 17.7 Å². The van der Waals surface area contributed by atoms with Crippen LogP contribution < -0.4 is 16.0 Å². The number of nitrogens with two attached hydrogens (primary N) is 1. The topological polar surface area (TPSA) is 65.1 Å². The van der Waals surface area contributed by atoms with Crippen molar-refractivity contribution >= 4 is 11.3 Å². The molecule has 0 spiro atoms. The third-order valence-corrected chi connectivity index (χ3v) is 3.61. The van der Waals surface area contributed by atoms with Gasteiger partial charge in [0.2, 0.25) is 0 Å². The fraction of sp³-hybridized carbons (Fsp3) is 0.364. The summed E-state index contributed by atoms with van der Waals surface area (Å²) >= 11 is 1.62. The minimum absolute atomic E-state index is 0.0904. The highest BCUT2D eigenvalue weighted by molar-refractivity contribution is 7.10. The van der Waals surface area contributed by atoms with Gasteiger partial charge in [-0.3, -0.25) is 10.5 Å². The van der Waals surface area contributed by atoms with Gasteiger partial charge in [0.25, 0.3) is 0 Å². The van der Waals surface area contributed by atoms with Crippen molar-refractivity contribution in [1.29, 1.82) is 0 Å². The molecule has 0 aliphatic carbocycles. The number of nitrogens with one attached hydrogen (secondary N) is 1. The quantitative estimate of drug-likeness (QED) is 0.625. The minimum Gasteiger partial charge on any atom is -0.496 e. The zero-order valence-electron chi connectivity index (χ0n) is 9.88. The van der Waals surface area contributed by atoms with Crippen molar-refractivity contribution in [3.63, 3.8) is 0 Å². The van der Waals surface area contributed by atoms with Crippen LogP contribution in [0, 0.1) is 0 Å². The molecule has 5 nitrogen and oxygen atoms in total. The Hall–Kier alpha value is -1.37. The molecule has 2 aromatic heterocycles. The number of nitrogens with zero attached hydrogens (tertiary/aromatic N) is 2. The van der Waals surface area contributed by atoms with E-state index in [1.165, 1.54) is 0 Å². The summed E-state index contributed by atoms with van der Waals surface area (Å²) < 4.78 is 7.25. The van der Waals surface area contributed by atoms with Crippen molar-refractivity contribution in [2.24, 2.45) is 5.84 Å². The van der Waals surface area contributed by atoms with Gasteiger partial charge in [0.15, 0.2) is 0 Å². The molecule has 0 saturated carbocycles. The van der Waals surface area contributed by atoms with E-state index in [9.17, 15) is 0 Å². The minimum atomic E-state index is -0.0904. The van der Waals surface area contributed by atoms with Crippen molar-refractivity contribution in [2.75, 3.05) is 7.11 Å². The summed E-state index contributed by atoms with van der Waals surface area (Å²) in [5.41, 5.74) is 3.86. The van der Waals surface area contributed by atoms with Gasteiger partial charge < -0.3 is 4.74 Å². The van der Waals surface area contributed by atoms with Crippen molar-refractivity contribution in [1.82, 2.24) is 15.2 Å². The fourth-order valence-corrected chi connectivity index (χ4v) is 2.77. The second-order valence-corrected chi connectivity index (χ2v) is 4.47. The predicted molar refractivity (Wildman–Crippen MR) is 67.9 cm³/mol. The molecule has 0 aliphatic rings. The molecular weight excluding hydrogens is 236 g/mol. The van der Waals surface area contributed by atoms with Crippen molar-refractivity contribution < 1.29 is 4.74 Å². The maximum atomic E-state index is 5.66. The highest BCUT2D eigenvalue weighted by atomic mass is 32.1. The fourth-order valence-electron chi connectivity index (χ4n) is 1.84. The number of aromatic nitrogens is 2. The molecule has 0 bridgehead atoms. The molecule has 1 unspecified atom stereocenters. The highest BCUT2D eigenvalue weighted by Gasteiger charge is 2.21. The van der Waals surface area contributed by atoms with E-state index >= 15 is 0 Å². The van der Waals surface area contributed by atoms with Crippen LogP contribution in [0.25, 0.3) is 0 Å². The van der Waals surface area contributed by atoms with Crippen molar-refractivity contribution in [3.8, 4) is 5.75 Å². The molecule has 0 amide bonds. The van der Waals surface area contributed by atoms with E-state index in [4.69, 9.17) is 10.6 Å². The van der Waals surface area contributed by atoms with Crippen LogP contribution in [-0.4, -0.2) is 16.9 Å². The first kappa shape index (κ1) is 12.1. The van der Waals surface area contributed by atoms with Gasteiger partial charge in [-0.25, -0.2) is 5.43 Å². The predicted octanol–water partition coefficient (Wildman–Crippen LogP) is 1.53. The smallest absolute Gasteiger partial charge is 0.134 e. The molecule has 0 saturated heterocycles. The van der Waals surface area contributed by atoms with Gasteiger partial charge in [-0.2, -0.15) is 5.10 Å². The van der Waals surface area contributed by atoms with E-state index in [2.05, 4.69) is 17.4 Å². The van der Waals surface area contributed by atoms with Crippen LogP contribution in [0.2, 0.25) is 0 Å². The molecule has 2 aromatic rings. The molecule has 2 heterocycles. The Morgan fingerprint density at radius 1 is 1.59 bits per heavy atom. The van der Waals surface area contributed by atoms with E-state index in [0.29, 0.717) is 0 Å². The average Bonchev–Trinajstić information content (AvgIpc) is 2.98. The van der Waals surface area contributed by atoms with Crippen molar-refractivity contribution in [2.45, 2.75) is 19.5 Å². The largest absolute Gasteiger partial charge is 0.496 e. The van der Waals surface area contributed by atoms with Crippen molar-refractivity contribution in [3.05, 3.63) is 34.3 Å². The first-order chi connectivity index (χ1) is 8.31. The number of methoxy groups -OCH3 is 1. The lowest BCUT2D eigenvalue weighted by Crippen LogP contribution is -2.30. The number of hydrazine groups is 1. The molecule has 1 atom stereocenters.